The van der Waals surface area contributed by atoms with E-state index < -0.39 is 0 Å². The maximum absolute atomic E-state index is 11.1. The number of rotatable bonds is 3. The Balaban J connectivity index is 2.36. The molecule has 0 saturated carbocycles. The van der Waals surface area contributed by atoms with Crippen molar-refractivity contribution < 1.29 is 9.53 Å². The van der Waals surface area contributed by atoms with Gasteiger partial charge in [0.2, 0.25) is 0 Å². The van der Waals surface area contributed by atoms with Crippen LogP contribution in [-0.4, -0.2) is 31.8 Å². The molecule has 0 aromatic carbocycles. The molecular formula is C11H22N2O2. The Labute approximate surface area is 91.8 Å². The number of nitrogens with one attached hydrogen (secondary N) is 2. The first-order valence-corrected chi connectivity index (χ1v) is 5.60. The molecule has 1 fully saturated rings. The third-order valence-electron chi connectivity index (χ3n) is 2.88. The lowest BCUT2D eigenvalue weighted by molar-refractivity contribution is 0.152. The summed E-state index contributed by atoms with van der Waals surface area (Å²) in [5.74, 6) is 0.707. The Bertz CT molecular complexity index is 211. The molecule has 1 amide bonds. The normalized spacial score (nSPS) is 18.6. The highest BCUT2D eigenvalue weighted by molar-refractivity contribution is 5.67. The lowest BCUT2D eigenvalue weighted by atomic mass is 9.85. The molecule has 0 unspecified atom stereocenters. The summed E-state index contributed by atoms with van der Waals surface area (Å²) >= 11 is 0. The van der Waals surface area contributed by atoms with E-state index in [1.54, 1.807) is 0 Å². The van der Waals surface area contributed by atoms with Crippen LogP contribution in [0, 0.1) is 5.92 Å². The molecule has 4 nitrogen and oxygen atoms in total. The second-order valence-corrected chi connectivity index (χ2v) is 4.90. The van der Waals surface area contributed by atoms with Gasteiger partial charge in [-0.15, -0.1) is 0 Å². The van der Waals surface area contributed by atoms with Crippen LogP contribution in [0.5, 0.6) is 0 Å². The highest BCUT2D eigenvalue weighted by atomic mass is 16.5. The van der Waals surface area contributed by atoms with E-state index in [1.807, 2.05) is 13.8 Å². The van der Waals surface area contributed by atoms with Gasteiger partial charge in [0.15, 0.2) is 0 Å². The van der Waals surface area contributed by atoms with Gasteiger partial charge in [0.25, 0.3) is 0 Å². The van der Waals surface area contributed by atoms with E-state index in [0.717, 1.165) is 19.5 Å². The van der Waals surface area contributed by atoms with Crippen LogP contribution in [0.1, 0.15) is 33.1 Å². The number of hydrogen-bond acceptors (Lipinski definition) is 3. The lowest BCUT2D eigenvalue weighted by Gasteiger charge is -2.32. The molecule has 1 aliphatic rings. The summed E-state index contributed by atoms with van der Waals surface area (Å²) in [7, 11) is 1.40. The standard InChI is InChI=1S/C11H22N2O2/c1-11(2,13-10(14)15-3)8-9-4-6-12-7-5-9/h9,12H,4-8H2,1-3H3,(H,13,14). The van der Waals surface area contributed by atoms with Crippen LogP contribution in [0.2, 0.25) is 0 Å². The number of carbonyl (C=O) groups is 1. The van der Waals surface area contributed by atoms with Crippen molar-refractivity contribution in [2.24, 2.45) is 5.92 Å². The van der Waals surface area contributed by atoms with Gasteiger partial charge in [-0.05, 0) is 52.1 Å². The molecule has 0 aromatic rings. The number of ether oxygens (including phenoxy) is 1. The SMILES string of the molecule is COC(=O)NC(C)(C)CC1CCNCC1. The highest BCUT2D eigenvalue weighted by Crippen LogP contribution is 2.23. The first-order chi connectivity index (χ1) is 7.03. The van der Waals surface area contributed by atoms with E-state index in [0.29, 0.717) is 5.92 Å². The van der Waals surface area contributed by atoms with Crippen LogP contribution in [0.15, 0.2) is 0 Å². The smallest absolute Gasteiger partial charge is 0.407 e. The van der Waals surface area contributed by atoms with Crippen molar-refractivity contribution in [1.82, 2.24) is 10.6 Å². The molecule has 0 aromatic heterocycles. The lowest BCUT2D eigenvalue weighted by Crippen LogP contribution is -2.45. The van der Waals surface area contributed by atoms with E-state index in [1.165, 1.54) is 20.0 Å². The molecule has 4 heteroatoms. The average molecular weight is 214 g/mol. The predicted molar refractivity (Wildman–Crippen MR) is 59.8 cm³/mol. The zero-order valence-corrected chi connectivity index (χ0v) is 9.93. The van der Waals surface area contributed by atoms with Crippen LogP contribution >= 0.6 is 0 Å². The quantitative estimate of drug-likeness (QED) is 0.748. The highest BCUT2D eigenvalue weighted by Gasteiger charge is 2.26. The van der Waals surface area contributed by atoms with Crippen LogP contribution in [0.3, 0.4) is 0 Å². The zero-order valence-electron chi connectivity index (χ0n) is 9.93. The molecule has 0 spiro atoms. The van der Waals surface area contributed by atoms with E-state index in [4.69, 9.17) is 0 Å². The van der Waals surface area contributed by atoms with Crippen LogP contribution in [0.4, 0.5) is 4.79 Å². The van der Waals surface area contributed by atoms with Crippen LogP contribution < -0.4 is 10.6 Å². The molecule has 15 heavy (non-hydrogen) atoms. The third-order valence-corrected chi connectivity index (χ3v) is 2.88. The van der Waals surface area contributed by atoms with E-state index >= 15 is 0 Å². The van der Waals surface area contributed by atoms with Crippen molar-refractivity contribution in [3.8, 4) is 0 Å². The number of hydrogen-bond donors (Lipinski definition) is 2. The number of piperidine rings is 1. The molecule has 88 valence electrons. The molecule has 0 aliphatic carbocycles. The van der Waals surface area contributed by atoms with Gasteiger partial charge in [-0.2, -0.15) is 0 Å². The molecule has 2 N–H and O–H groups in total. The fourth-order valence-corrected chi connectivity index (χ4v) is 2.19. The minimum atomic E-state index is -0.339. The minimum Gasteiger partial charge on any atom is -0.453 e. The molecular weight excluding hydrogens is 192 g/mol. The van der Waals surface area contributed by atoms with Gasteiger partial charge in [-0.3, -0.25) is 0 Å². The van der Waals surface area contributed by atoms with Crippen molar-refractivity contribution in [2.45, 2.75) is 38.6 Å². The average Bonchev–Trinajstić information content (AvgIpc) is 2.17. The maximum atomic E-state index is 11.1. The molecule has 0 radical (unpaired) electrons. The Kier molecular flexibility index (Phi) is 4.39. The summed E-state index contributed by atoms with van der Waals surface area (Å²) in [6, 6.07) is 0. The number of carbonyl (C=O) groups excluding carboxylic acids is 1. The number of methoxy groups -OCH3 is 1. The largest absolute Gasteiger partial charge is 0.453 e. The fraction of sp³-hybridized carbons (Fsp3) is 0.909. The molecule has 1 heterocycles. The topological polar surface area (TPSA) is 50.4 Å². The molecule has 1 aliphatic heterocycles. The monoisotopic (exact) mass is 214 g/mol. The first-order valence-electron chi connectivity index (χ1n) is 5.60. The van der Waals surface area contributed by atoms with Crippen LogP contribution in [0.25, 0.3) is 0 Å². The number of alkyl carbamates (subject to hydrolysis) is 1. The fourth-order valence-electron chi connectivity index (χ4n) is 2.19. The Morgan fingerprint density at radius 2 is 2.07 bits per heavy atom. The summed E-state index contributed by atoms with van der Waals surface area (Å²) in [6.07, 6.45) is 3.08. The summed E-state index contributed by atoms with van der Waals surface area (Å²) < 4.78 is 4.61. The van der Waals surface area contributed by atoms with E-state index in [-0.39, 0.29) is 11.6 Å². The molecule has 0 atom stereocenters. The van der Waals surface area contributed by atoms with Crippen molar-refractivity contribution in [2.75, 3.05) is 20.2 Å². The summed E-state index contributed by atoms with van der Waals surface area (Å²) in [6.45, 7) is 6.29. The van der Waals surface area contributed by atoms with Crippen molar-refractivity contribution in [1.29, 1.82) is 0 Å². The molecule has 1 rings (SSSR count). The van der Waals surface area contributed by atoms with Gasteiger partial charge in [0, 0.05) is 5.54 Å². The minimum absolute atomic E-state index is 0.172. The summed E-state index contributed by atoms with van der Waals surface area (Å²) in [5.41, 5.74) is -0.172. The summed E-state index contributed by atoms with van der Waals surface area (Å²) in [4.78, 5) is 11.1. The van der Waals surface area contributed by atoms with Crippen molar-refractivity contribution in [3.63, 3.8) is 0 Å². The zero-order chi connectivity index (χ0) is 11.3. The van der Waals surface area contributed by atoms with Gasteiger partial charge in [0.1, 0.15) is 0 Å². The maximum Gasteiger partial charge on any atom is 0.407 e. The molecule has 0 bridgehead atoms. The second-order valence-electron chi connectivity index (χ2n) is 4.90. The Morgan fingerprint density at radius 3 is 2.60 bits per heavy atom. The van der Waals surface area contributed by atoms with E-state index in [2.05, 4.69) is 15.4 Å². The first kappa shape index (κ1) is 12.3. The predicted octanol–water partition coefficient (Wildman–Crippen LogP) is 1.51. The van der Waals surface area contributed by atoms with Gasteiger partial charge in [-0.25, -0.2) is 4.79 Å². The van der Waals surface area contributed by atoms with E-state index in [9.17, 15) is 4.79 Å². The Hall–Kier alpha value is -0.770. The van der Waals surface area contributed by atoms with Crippen molar-refractivity contribution >= 4 is 6.09 Å². The second kappa shape index (κ2) is 5.35. The Morgan fingerprint density at radius 1 is 1.47 bits per heavy atom. The van der Waals surface area contributed by atoms with Gasteiger partial charge < -0.3 is 15.4 Å². The third kappa shape index (κ3) is 4.51. The van der Waals surface area contributed by atoms with Gasteiger partial charge in [0.05, 0.1) is 7.11 Å². The van der Waals surface area contributed by atoms with Gasteiger partial charge >= 0.3 is 6.09 Å². The van der Waals surface area contributed by atoms with Gasteiger partial charge in [-0.1, -0.05) is 0 Å². The van der Waals surface area contributed by atoms with Crippen LogP contribution in [-0.2, 0) is 4.74 Å². The van der Waals surface area contributed by atoms with Crippen molar-refractivity contribution in [3.05, 3.63) is 0 Å². The molecule has 1 saturated heterocycles. The summed E-state index contributed by atoms with van der Waals surface area (Å²) in [5, 5.41) is 6.21. The number of amides is 1.